The number of hydrogen-bond donors (Lipinski definition) is 7. The Kier molecular flexibility index (Phi) is 16.3. The van der Waals surface area contributed by atoms with Gasteiger partial charge in [0, 0.05) is 29.3 Å². The summed E-state index contributed by atoms with van der Waals surface area (Å²) in [6.45, 7) is 7.31. The number of aliphatic hydroxyl groups excluding tert-OH is 3. The van der Waals surface area contributed by atoms with Crippen LogP contribution in [0.2, 0.25) is 0 Å². The van der Waals surface area contributed by atoms with Gasteiger partial charge >= 0.3 is 18.2 Å². The number of amides is 2. The number of ketones is 1. The van der Waals surface area contributed by atoms with Gasteiger partial charge in [-0.15, -0.1) is 0 Å². The highest BCUT2D eigenvalue weighted by Crippen LogP contribution is 2.31. The van der Waals surface area contributed by atoms with Crippen molar-refractivity contribution in [1.82, 2.24) is 9.88 Å². The van der Waals surface area contributed by atoms with Crippen LogP contribution in [0.25, 0.3) is 0 Å². The summed E-state index contributed by atoms with van der Waals surface area (Å²) in [7, 11) is 0. The minimum Gasteiger partial charge on any atom is -0.481 e. The van der Waals surface area contributed by atoms with Gasteiger partial charge in [-0.25, -0.2) is 9.59 Å². The molecule has 0 saturated heterocycles. The van der Waals surface area contributed by atoms with Crippen molar-refractivity contribution in [2.24, 2.45) is 16.9 Å². The number of carboxylic acid groups (broad SMARTS) is 1. The molecule has 1 aromatic heterocycles. The van der Waals surface area contributed by atoms with Gasteiger partial charge in [0.1, 0.15) is 13.2 Å². The number of aliphatic carboxylic acids is 1. The van der Waals surface area contributed by atoms with Crippen LogP contribution in [0.15, 0.2) is 42.5 Å². The van der Waals surface area contributed by atoms with Crippen molar-refractivity contribution in [2.75, 3.05) is 33.0 Å². The number of carbonyl (C=O) groups excluding carboxylic acids is 3. The number of alkyl carbamates (subject to hydrolysis) is 1. The molecule has 2 unspecified atom stereocenters. The first kappa shape index (κ1) is 39.0. The van der Waals surface area contributed by atoms with Crippen molar-refractivity contribution in [1.29, 1.82) is 0 Å². The van der Waals surface area contributed by atoms with Crippen LogP contribution in [0.4, 0.5) is 9.59 Å². The van der Waals surface area contributed by atoms with E-state index >= 15 is 0 Å². The van der Waals surface area contributed by atoms with Crippen molar-refractivity contribution in [3.8, 4) is 0 Å². The quantitative estimate of drug-likeness (QED) is 0.157. The lowest BCUT2D eigenvalue weighted by atomic mass is 9.87. The Morgan fingerprint density at radius 3 is 2.04 bits per heavy atom. The molecule has 0 spiro atoms. The zero-order chi connectivity index (χ0) is 34.2. The Morgan fingerprint density at radius 1 is 1.00 bits per heavy atom. The van der Waals surface area contributed by atoms with Crippen molar-refractivity contribution >= 4 is 23.9 Å². The summed E-state index contributed by atoms with van der Waals surface area (Å²) < 4.78 is 11.7. The third kappa shape index (κ3) is 12.9. The van der Waals surface area contributed by atoms with E-state index in [9.17, 15) is 19.2 Å². The SMILES string of the molecule is CCCC(C)(COC(N)=O)COC(=O)NC(C)C.NC(CO)(CO)CO.O=C(c1ccccc1)c1ccc2n1CCC2C(=O)O. The first-order valence-corrected chi connectivity index (χ1v) is 14.6. The normalized spacial score (nSPS) is 14.9. The molecule has 0 radical (unpaired) electrons. The van der Waals surface area contributed by atoms with Gasteiger partial charge in [-0.3, -0.25) is 9.59 Å². The number of carboxylic acids is 1. The van der Waals surface area contributed by atoms with Crippen molar-refractivity contribution < 1.29 is 49.1 Å². The number of ether oxygens (including phenoxy) is 2. The molecule has 2 heterocycles. The number of nitrogens with one attached hydrogen (secondary N) is 1. The second kappa shape index (κ2) is 18.7. The number of hydrogen-bond acceptors (Lipinski definition) is 10. The van der Waals surface area contributed by atoms with Crippen LogP contribution in [-0.4, -0.2) is 93.5 Å². The Hall–Kier alpha value is -3.98. The molecule has 1 aromatic carbocycles. The van der Waals surface area contributed by atoms with Gasteiger partial charge in [0.05, 0.1) is 37.0 Å². The van der Waals surface area contributed by atoms with E-state index in [-0.39, 0.29) is 25.0 Å². The highest BCUT2D eigenvalue weighted by atomic mass is 16.6. The molecule has 0 saturated carbocycles. The van der Waals surface area contributed by atoms with Crippen molar-refractivity contribution in [3.05, 3.63) is 59.4 Å². The van der Waals surface area contributed by atoms with Gasteiger partial charge in [0.25, 0.3) is 0 Å². The standard InChI is InChI=1S/C15H13NO3.C12H24N2O4.C4H11NO3/c17-14(10-4-2-1-3-5-10)13-7-6-12-11(15(18)19)8-9-16(12)13;1-5-6-12(4,7-17-10(13)15)8-18-11(16)14-9(2)3;5-4(1-6,2-7)3-8/h1-7,11H,8-9H2,(H,18,19);9H,5-8H2,1-4H3,(H2,13,15)(H,14,16);6-8H,1-3,5H2. The first-order valence-electron chi connectivity index (χ1n) is 14.6. The molecule has 0 fully saturated rings. The lowest BCUT2D eigenvalue weighted by Crippen LogP contribution is -2.50. The van der Waals surface area contributed by atoms with E-state index in [0.29, 0.717) is 24.2 Å². The summed E-state index contributed by atoms with van der Waals surface area (Å²) in [6.07, 6.45) is 0.944. The number of aromatic nitrogens is 1. The van der Waals surface area contributed by atoms with Crippen LogP contribution in [0.3, 0.4) is 0 Å². The Bertz CT molecular complexity index is 1220. The third-order valence-electron chi connectivity index (χ3n) is 6.90. The number of primary amides is 1. The summed E-state index contributed by atoms with van der Waals surface area (Å²) in [5, 5.41) is 36.8. The maximum absolute atomic E-state index is 12.4. The molecular weight excluding hydrogens is 588 g/mol. The molecular formula is C31H48N4O10. The summed E-state index contributed by atoms with van der Waals surface area (Å²) >= 11 is 0. The van der Waals surface area contributed by atoms with Crippen LogP contribution in [0, 0.1) is 5.41 Å². The van der Waals surface area contributed by atoms with Gasteiger partial charge in [-0.2, -0.15) is 0 Å². The van der Waals surface area contributed by atoms with E-state index in [1.54, 1.807) is 24.3 Å². The third-order valence-corrected chi connectivity index (χ3v) is 6.90. The number of benzene rings is 1. The fourth-order valence-electron chi connectivity index (χ4n) is 4.33. The van der Waals surface area contributed by atoms with Gasteiger partial charge < -0.3 is 51.3 Å². The zero-order valence-corrected chi connectivity index (χ0v) is 26.4. The highest BCUT2D eigenvalue weighted by molar-refractivity contribution is 6.08. The maximum Gasteiger partial charge on any atom is 0.407 e. The van der Waals surface area contributed by atoms with E-state index in [4.69, 9.17) is 41.4 Å². The number of fused-ring (bicyclic) bond motifs is 1. The average molecular weight is 637 g/mol. The predicted molar refractivity (Wildman–Crippen MR) is 166 cm³/mol. The molecule has 2 aromatic rings. The van der Waals surface area contributed by atoms with Gasteiger partial charge in [0.15, 0.2) is 0 Å². The maximum atomic E-state index is 12.4. The highest BCUT2D eigenvalue weighted by Gasteiger charge is 2.31. The minimum atomic E-state index is -1.21. The average Bonchev–Trinajstić information content (AvgIpc) is 3.62. The fraction of sp³-hybridized carbons (Fsp3) is 0.548. The molecule has 0 bridgehead atoms. The summed E-state index contributed by atoms with van der Waals surface area (Å²) in [6, 6.07) is 12.5. The molecule has 2 amide bonds. The lowest BCUT2D eigenvalue weighted by molar-refractivity contribution is -0.138. The monoisotopic (exact) mass is 636 g/mol. The first-order chi connectivity index (χ1) is 21.2. The number of nitrogens with two attached hydrogens (primary N) is 2. The second-order valence-corrected chi connectivity index (χ2v) is 11.5. The molecule has 2 atom stereocenters. The molecule has 14 nitrogen and oxygen atoms in total. The Balaban J connectivity index is 0.000000366. The van der Waals surface area contributed by atoms with E-state index < -0.39 is 54.8 Å². The molecule has 1 aliphatic heterocycles. The van der Waals surface area contributed by atoms with Gasteiger partial charge in [-0.1, -0.05) is 50.6 Å². The van der Waals surface area contributed by atoms with Gasteiger partial charge in [0.2, 0.25) is 5.78 Å². The zero-order valence-electron chi connectivity index (χ0n) is 26.4. The Morgan fingerprint density at radius 2 is 1.58 bits per heavy atom. The molecule has 3 rings (SSSR count). The van der Waals surface area contributed by atoms with Crippen LogP contribution < -0.4 is 16.8 Å². The number of carbonyl (C=O) groups is 4. The number of nitrogens with zero attached hydrogens (tertiary/aromatic N) is 1. The summed E-state index contributed by atoms with van der Waals surface area (Å²) in [5.74, 6) is -1.37. The van der Waals surface area contributed by atoms with Crippen LogP contribution in [-0.2, 0) is 20.8 Å². The topological polar surface area (TPSA) is 237 Å². The molecule has 0 aliphatic carbocycles. The van der Waals surface area contributed by atoms with E-state index in [0.717, 1.165) is 18.5 Å². The van der Waals surface area contributed by atoms with E-state index in [2.05, 4.69) is 5.32 Å². The molecule has 45 heavy (non-hydrogen) atoms. The smallest absolute Gasteiger partial charge is 0.407 e. The molecule has 252 valence electrons. The Labute approximate surface area is 263 Å². The predicted octanol–water partition coefficient (Wildman–Crippen LogP) is 1.97. The van der Waals surface area contributed by atoms with Crippen molar-refractivity contribution in [3.63, 3.8) is 0 Å². The molecule has 9 N–H and O–H groups in total. The number of aliphatic hydroxyl groups is 3. The van der Waals surface area contributed by atoms with Crippen molar-refractivity contribution in [2.45, 2.75) is 71.0 Å². The fourth-order valence-corrected chi connectivity index (χ4v) is 4.33. The summed E-state index contributed by atoms with van der Waals surface area (Å²) in [5.41, 5.74) is 10.4. The largest absolute Gasteiger partial charge is 0.481 e. The van der Waals surface area contributed by atoms with E-state index in [1.807, 2.05) is 50.5 Å². The minimum absolute atomic E-state index is 0.0248. The van der Waals surface area contributed by atoms with Crippen LogP contribution >= 0.6 is 0 Å². The summed E-state index contributed by atoms with van der Waals surface area (Å²) in [4.78, 5) is 45.5. The second-order valence-electron chi connectivity index (χ2n) is 11.5. The van der Waals surface area contributed by atoms with Crippen LogP contribution in [0.1, 0.15) is 74.6 Å². The number of rotatable bonds is 13. The van der Waals surface area contributed by atoms with Crippen LogP contribution in [0.5, 0.6) is 0 Å². The molecule has 1 aliphatic rings. The van der Waals surface area contributed by atoms with E-state index in [1.165, 1.54) is 0 Å². The lowest BCUT2D eigenvalue weighted by Gasteiger charge is -2.27. The van der Waals surface area contributed by atoms with Gasteiger partial charge in [-0.05, 0) is 38.8 Å². The molecule has 14 heteroatoms.